The molecule has 30 heavy (non-hydrogen) atoms. The summed E-state index contributed by atoms with van der Waals surface area (Å²) in [4.78, 5) is 2.74. The Kier molecular flexibility index (Phi) is 25.1. The third-order valence-electron chi connectivity index (χ3n) is 6.81. The lowest BCUT2D eigenvalue weighted by atomic mass is 10.1. The zero-order chi connectivity index (χ0) is 22.1. The molecule has 0 rings (SSSR count). The topological polar surface area (TPSA) is 29.3 Å². The number of nitrogens with zero attached hydrogens (tertiary/aromatic N) is 1. The summed E-state index contributed by atoms with van der Waals surface area (Å²) >= 11 is 0. The van der Waals surface area contributed by atoms with Crippen molar-refractivity contribution in [3.8, 4) is 0 Å². The molecule has 0 aromatic heterocycles. The number of hydrogen-bond donors (Lipinski definition) is 1. The van der Waals surface area contributed by atoms with Gasteiger partial charge < -0.3 is 10.6 Å². The monoisotopic (exact) mass is 424 g/mol. The molecule has 2 heteroatoms. The van der Waals surface area contributed by atoms with Crippen LogP contribution in [-0.4, -0.2) is 30.6 Å². The summed E-state index contributed by atoms with van der Waals surface area (Å²) in [5.74, 6) is 0. The van der Waals surface area contributed by atoms with Gasteiger partial charge in [-0.05, 0) is 45.8 Å². The van der Waals surface area contributed by atoms with Gasteiger partial charge in [0.05, 0.1) is 0 Å². The molecule has 0 radical (unpaired) electrons. The molecule has 2 N–H and O–H groups in total. The van der Waals surface area contributed by atoms with Crippen molar-refractivity contribution in [2.75, 3.05) is 19.6 Å². The average molecular weight is 425 g/mol. The number of hydrogen-bond acceptors (Lipinski definition) is 2. The van der Waals surface area contributed by atoms with E-state index in [0.717, 1.165) is 13.0 Å². The standard InChI is InChI=1S/C28H60N2/c1-4-6-8-10-12-14-16-18-20-22-26-30(28(3)24-25-29)27-23-21-19-17-15-13-11-9-7-5-2/h28H,4-27,29H2,1-3H3. The van der Waals surface area contributed by atoms with Crippen molar-refractivity contribution in [1.29, 1.82) is 0 Å². The van der Waals surface area contributed by atoms with Crippen molar-refractivity contribution in [3.05, 3.63) is 0 Å². The van der Waals surface area contributed by atoms with Gasteiger partial charge in [-0.15, -0.1) is 0 Å². The minimum Gasteiger partial charge on any atom is -0.330 e. The molecule has 0 aliphatic rings. The molecule has 0 amide bonds. The fourth-order valence-corrected chi connectivity index (χ4v) is 4.58. The minimum absolute atomic E-state index is 0.659. The first-order valence-corrected chi connectivity index (χ1v) is 14.2. The fraction of sp³-hybridized carbons (Fsp3) is 1.00. The van der Waals surface area contributed by atoms with Gasteiger partial charge in [0.1, 0.15) is 0 Å². The Hall–Kier alpha value is -0.0800. The van der Waals surface area contributed by atoms with Gasteiger partial charge in [-0.25, -0.2) is 0 Å². The molecule has 1 atom stereocenters. The van der Waals surface area contributed by atoms with Crippen LogP contribution in [-0.2, 0) is 0 Å². The molecule has 0 aromatic rings. The van der Waals surface area contributed by atoms with Crippen LogP contribution in [0.2, 0.25) is 0 Å². The zero-order valence-electron chi connectivity index (χ0n) is 21.6. The van der Waals surface area contributed by atoms with Gasteiger partial charge >= 0.3 is 0 Å². The third-order valence-corrected chi connectivity index (χ3v) is 6.81. The first kappa shape index (κ1) is 29.9. The molecule has 0 aliphatic heterocycles. The molecular weight excluding hydrogens is 364 g/mol. The Balaban J connectivity index is 3.69. The van der Waals surface area contributed by atoms with Crippen LogP contribution in [0.25, 0.3) is 0 Å². The van der Waals surface area contributed by atoms with Crippen LogP contribution in [0.4, 0.5) is 0 Å². The summed E-state index contributed by atoms with van der Waals surface area (Å²) in [6, 6.07) is 0.659. The Labute approximate surface area is 192 Å². The van der Waals surface area contributed by atoms with Gasteiger partial charge in [-0.1, -0.05) is 129 Å². The van der Waals surface area contributed by atoms with Gasteiger partial charge in [0.15, 0.2) is 0 Å². The fourth-order valence-electron chi connectivity index (χ4n) is 4.58. The van der Waals surface area contributed by atoms with Crippen LogP contribution in [0.5, 0.6) is 0 Å². The Morgan fingerprint density at radius 3 is 1.10 bits per heavy atom. The molecule has 0 saturated heterocycles. The summed E-state index contributed by atoms with van der Waals surface area (Å²) in [6.07, 6.45) is 29.7. The first-order chi connectivity index (χ1) is 14.8. The van der Waals surface area contributed by atoms with Crippen molar-refractivity contribution < 1.29 is 0 Å². The van der Waals surface area contributed by atoms with Crippen molar-refractivity contribution in [2.45, 2.75) is 162 Å². The van der Waals surface area contributed by atoms with Crippen LogP contribution in [0, 0.1) is 0 Å². The van der Waals surface area contributed by atoms with Gasteiger partial charge in [0.25, 0.3) is 0 Å². The summed E-state index contributed by atoms with van der Waals surface area (Å²) in [5, 5.41) is 0. The maximum atomic E-state index is 5.85. The second-order valence-corrected chi connectivity index (χ2v) is 9.83. The maximum absolute atomic E-state index is 5.85. The van der Waals surface area contributed by atoms with Crippen molar-refractivity contribution in [2.24, 2.45) is 5.73 Å². The van der Waals surface area contributed by atoms with E-state index in [0.29, 0.717) is 6.04 Å². The van der Waals surface area contributed by atoms with E-state index in [1.807, 2.05) is 0 Å². The lowest BCUT2D eigenvalue weighted by Crippen LogP contribution is -2.36. The number of unbranched alkanes of at least 4 members (excludes halogenated alkanes) is 18. The Bertz CT molecular complexity index is 281. The van der Waals surface area contributed by atoms with Crippen LogP contribution >= 0.6 is 0 Å². The number of nitrogens with two attached hydrogens (primary N) is 1. The van der Waals surface area contributed by atoms with Gasteiger partial charge in [0, 0.05) is 6.04 Å². The Morgan fingerprint density at radius 1 is 0.500 bits per heavy atom. The van der Waals surface area contributed by atoms with E-state index >= 15 is 0 Å². The normalized spacial score (nSPS) is 12.7. The van der Waals surface area contributed by atoms with Gasteiger partial charge in [0.2, 0.25) is 0 Å². The van der Waals surface area contributed by atoms with Crippen LogP contribution in [0.1, 0.15) is 156 Å². The van der Waals surface area contributed by atoms with E-state index in [1.54, 1.807) is 0 Å². The van der Waals surface area contributed by atoms with Crippen molar-refractivity contribution >= 4 is 0 Å². The Morgan fingerprint density at radius 2 is 0.800 bits per heavy atom. The maximum Gasteiger partial charge on any atom is 0.00789 e. The van der Waals surface area contributed by atoms with Crippen LogP contribution in [0.15, 0.2) is 0 Å². The van der Waals surface area contributed by atoms with E-state index in [-0.39, 0.29) is 0 Å². The highest BCUT2D eigenvalue weighted by molar-refractivity contribution is 4.68. The first-order valence-electron chi connectivity index (χ1n) is 14.2. The number of rotatable bonds is 25. The van der Waals surface area contributed by atoms with Crippen LogP contribution in [0.3, 0.4) is 0 Å². The highest BCUT2D eigenvalue weighted by Crippen LogP contribution is 2.14. The van der Waals surface area contributed by atoms with Crippen molar-refractivity contribution in [1.82, 2.24) is 4.90 Å². The summed E-state index contributed by atoms with van der Waals surface area (Å²) < 4.78 is 0. The molecule has 2 nitrogen and oxygen atoms in total. The summed E-state index contributed by atoms with van der Waals surface area (Å²) in [5.41, 5.74) is 5.85. The second kappa shape index (κ2) is 25.2. The SMILES string of the molecule is CCCCCCCCCCCCN(CCCCCCCCCCCC)C(C)CCN. The molecule has 0 heterocycles. The predicted molar refractivity (Wildman–Crippen MR) is 138 cm³/mol. The molecule has 0 saturated carbocycles. The van der Waals surface area contributed by atoms with E-state index in [2.05, 4.69) is 25.7 Å². The van der Waals surface area contributed by atoms with E-state index < -0.39 is 0 Å². The smallest absolute Gasteiger partial charge is 0.00789 e. The second-order valence-electron chi connectivity index (χ2n) is 9.83. The third kappa shape index (κ3) is 21.2. The summed E-state index contributed by atoms with van der Waals surface area (Å²) in [6.45, 7) is 10.4. The quantitative estimate of drug-likeness (QED) is 0.148. The average Bonchev–Trinajstić information content (AvgIpc) is 2.75. The predicted octanol–water partition coefficient (Wildman–Crippen LogP) is 8.87. The molecule has 0 fully saturated rings. The minimum atomic E-state index is 0.659. The van der Waals surface area contributed by atoms with Gasteiger partial charge in [-0.2, -0.15) is 0 Å². The molecule has 0 aromatic carbocycles. The highest BCUT2D eigenvalue weighted by Gasteiger charge is 2.12. The molecule has 0 spiro atoms. The lowest BCUT2D eigenvalue weighted by molar-refractivity contribution is 0.192. The molecule has 0 bridgehead atoms. The molecule has 182 valence electrons. The van der Waals surface area contributed by atoms with E-state index in [9.17, 15) is 0 Å². The molecule has 0 aliphatic carbocycles. The molecule has 1 unspecified atom stereocenters. The summed E-state index contributed by atoms with van der Waals surface area (Å²) in [7, 11) is 0. The van der Waals surface area contributed by atoms with Crippen LogP contribution < -0.4 is 5.73 Å². The zero-order valence-corrected chi connectivity index (χ0v) is 21.6. The van der Waals surface area contributed by atoms with E-state index in [1.165, 1.54) is 142 Å². The van der Waals surface area contributed by atoms with E-state index in [4.69, 9.17) is 5.73 Å². The lowest BCUT2D eigenvalue weighted by Gasteiger charge is -2.29. The highest BCUT2D eigenvalue weighted by atomic mass is 15.1. The van der Waals surface area contributed by atoms with Crippen molar-refractivity contribution in [3.63, 3.8) is 0 Å². The molecular formula is C28H60N2. The van der Waals surface area contributed by atoms with Gasteiger partial charge in [-0.3, -0.25) is 0 Å². The largest absolute Gasteiger partial charge is 0.330 e.